The molecule has 1 saturated carbocycles. The molecule has 1 fully saturated rings. The summed E-state index contributed by atoms with van der Waals surface area (Å²) < 4.78 is 0. The van der Waals surface area contributed by atoms with Crippen LogP contribution in [0.5, 0.6) is 0 Å². The molecule has 0 aliphatic heterocycles. The van der Waals surface area contributed by atoms with Gasteiger partial charge in [-0.3, -0.25) is 4.79 Å². The van der Waals surface area contributed by atoms with Gasteiger partial charge in [0.1, 0.15) is 0 Å². The summed E-state index contributed by atoms with van der Waals surface area (Å²) in [5.41, 5.74) is 6.22. The molecule has 3 heteroatoms. The van der Waals surface area contributed by atoms with Crippen molar-refractivity contribution in [1.82, 2.24) is 4.90 Å². The van der Waals surface area contributed by atoms with Crippen LogP contribution in [0.4, 0.5) is 0 Å². The number of amides is 1. The van der Waals surface area contributed by atoms with Crippen molar-refractivity contribution in [1.29, 1.82) is 0 Å². The Hall–Kier alpha value is -0.570. The topological polar surface area (TPSA) is 46.3 Å². The third kappa shape index (κ3) is 4.79. The molecule has 19 heavy (non-hydrogen) atoms. The molecule has 1 amide bonds. The van der Waals surface area contributed by atoms with E-state index in [-0.39, 0.29) is 12.0 Å². The van der Waals surface area contributed by atoms with E-state index in [9.17, 15) is 4.79 Å². The van der Waals surface area contributed by atoms with Crippen LogP contribution in [0.3, 0.4) is 0 Å². The molecule has 0 spiro atoms. The maximum absolute atomic E-state index is 12.8. The number of hydrogen-bond acceptors (Lipinski definition) is 2. The standard InChI is InChI=1S/C16H32N2O/c1-11(2)9-18(10-12(3)4)16(19)15-13(5)7-6-8-14(15)17/h11-15H,6-10,17H2,1-5H3. The number of rotatable bonds is 5. The Balaban J connectivity index is 2.78. The Kier molecular flexibility index (Phi) is 6.31. The molecule has 2 N–H and O–H groups in total. The second-order valence-corrected chi connectivity index (χ2v) is 7.13. The van der Waals surface area contributed by atoms with Crippen LogP contribution in [0.15, 0.2) is 0 Å². The average Bonchev–Trinajstić information content (AvgIpc) is 2.26. The Morgan fingerprint density at radius 1 is 1.16 bits per heavy atom. The maximum Gasteiger partial charge on any atom is 0.227 e. The zero-order valence-electron chi connectivity index (χ0n) is 13.4. The smallest absolute Gasteiger partial charge is 0.227 e. The summed E-state index contributed by atoms with van der Waals surface area (Å²) in [6.45, 7) is 12.6. The fraction of sp³-hybridized carbons (Fsp3) is 0.938. The molecule has 0 aromatic carbocycles. The summed E-state index contributed by atoms with van der Waals surface area (Å²) in [7, 11) is 0. The van der Waals surface area contributed by atoms with Gasteiger partial charge in [-0.05, 0) is 30.6 Å². The molecule has 1 aliphatic carbocycles. The maximum atomic E-state index is 12.8. The van der Waals surface area contributed by atoms with E-state index >= 15 is 0 Å². The van der Waals surface area contributed by atoms with Crippen molar-refractivity contribution < 1.29 is 4.79 Å². The van der Waals surface area contributed by atoms with Crippen LogP contribution < -0.4 is 5.73 Å². The van der Waals surface area contributed by atoms with Crippen LogP contribution >= 0.6 is 0 Å². The lowest BCUT2D eigenvalue weighted by atomic mass is 9.76. The van der Waals surface area contributed by atoms with Gasteiger partial charge < -0.3 is 10.6 Å². The van der Waals surface area contributed by atoms with E-state index < -0.39 is 0 Å². The highest BCUT2D eigenvalue weighted by Gasteiger charge is 2.36. The van der Waals surface area contributed by atoms with Crippen LogP contribution in [0.25, 0.3) is 0 Å². The summed E-state index contributed by atoms with van der Waals surface area (Å²) in [4.78, 5) is 14.9. The number of nitrogens with two attached hydrogens (primary N) is 1. The summed E-state index contributed by atoms with van der Waals surface area (Å²) in [6.07, 6.45) is 3.31. The van der Waals surface area contributed by atoms with Crippen LogP contribution in [-0.2, 0) is 4.79 Å². The van der Waals surface area contributed by atoms with E-state index in [4.69, 9.17) is 5.73 Å². The molecule has 0 bridgehead atoms. The van der Waals surface area contributed by atoms with Gasteiger partial charge in [-0.2, -0.15) is 0 Å². The molecule has 3 nitrogen and oxygen atoms in total. The molecule has 3 unspecified atom stereocenters. The Labute approximate surface area is 118 Å². The average molecular weight is 268 g/mol. The molecule has 0 aromatic rings. The highest BCUT2D eigenvalue weighted by molar-refractivity contribution is 5.80. The van der Waals surface area contributed by atoms with Gasteiger partial charge >= 0.3 is 0 Å². The summed E-state index contributed by atoms with van der Waals surface area (Å²) in [5, 5.41) is 0. The van der Waals surface area contributed by atoms with Gasteiger partial charge in [0.2, 0.25) is 5.91 Å². The van der Waals surface area contributed by atoms with Gasteiger partial charge in [0, 0.05) is 19.1 Å². The highest BCUT2D eigenvalue weighted by Crippen LogP contribution is 2.30. The normalized spacial score (nSPS) is 27.9. The highest BCUT2D eigenvalue weighted by atomic mass is 16.2. The summed E-state index contributed by atoms with van der Waals surface area (Å²) >= 11 is 0. The minimum atomic E-state index is 0.0336. The van der Waals surface area contributed by atoms with Gasteiger partial charge in [0.05, 0.1) is 5.92 Å². The van der Waals surface area contributed by atoms with Crippen LogP contribution in [0.1, 0.15) is 53.9 Å². The molecule has 112 valence electrons. The van der Waals surface area contributed by atoms with Gasteiger partial charge in [0.15, 0.2) is 0 Å². The summed E-state index contributed by atoms with van der Waals surface area (Å²) in [5.74, 6) is 1.78. The summed E-state index contributed by atoms with van der Waals surface area (Å²) in [6, 6.07) is 0.0538. The molecule has 0 aromatic heterocycles. The van der Waals surface area contributed by atoms with E-state index in [1.165, 1.54) is 6.42 Å². The van der Waals surface area contributed by atoms with E-state index in [0.29, 0.717) is 23.7 Å². The number of hydrogen-bond donors (Lipinski definition) is 1. The molecule has 0 heterocycles. The van der Waals surface area contributed by atoms with Crippen LogP contribution in [-0.4, -0.2) is 29.9 Å². The van der Waals surface area contributed by atoms with Gasteiger partial charge in [-0.1, -0.05) is 41.0 Å². The lowest BCUT2D eigenvalue weighted by Crippen LogP contribution is -2.50. The number of carbonyl (C=O) groups is 1. The molecule has 0 saturated heterocycles. The number of nitrogens with zero attached hydrogens (tertiary/aromatic N) is 1. The minimum Gasteiger partial charge on any atom is -0.342 e. The Bertz CT molecular complexity index is 268. The van der Waals surface area contributed by atoms with E-state index in [1.54, 1.807) is 0 Å². The van der Waals surface area contributed by atoms with Crippen molar-refractivity contribution in [2.45, 2.75) is 59.9 Å². The van der Waals surface area contributed by atoms with Crippen LogP contribution in [0, 0.1) is 23.7 Å². The molecule has 0 radical (unpaired) electrons. The third-order valence-corrected chi connectivity index (χ3v) is 4.04. The third-order valence-electron chi connectivity index (χ3n) is 4.04. The first-order chi connectivity index (χ1) is 8.82. The van der Waals surface area contributed by atoms with Crippen molar-refractivity contribution in [2.24, 2.45) is 29.4 Å². The van der Waals surface area contributed by atoms with Crippen molar-refractivity contribution in [2.75, 3.05) is 13.1 Å². The second kappa shape index (κ2) is 7.28. The quantitative estimate of drug-likeness (QED) is 0.833. The molecule has 3 atom stereocenters. The van der Waals surface area contributed by atoms with Crippen molar-refractivity contribution in [3.05, 3.63) is 0 Å². The number of carbonyl (C=O) groups excluding carboxylic acids is 1. The van der Waals surface area contributed by atoms with Gasteiger partial charge in [0.25, 0.3) is 0 Å². The van der Waals surface area contributed by atoms with Gasteiger partial charge in [-0.15, -0.1) is 0 Å². The van der Waals surface area contributed by atoms with E-state index in [1.807, 2.05) is 0 Å². The predicted octanol–water partition coefficient (Wildman–Crippen LogP) is 2.89. The van der Waals surface area contributed by atoms with Crippen molar-refractivity contribution in [3.63, 3.8) is 0 Å². The molecule has 1 rings (SSSR count). The lowest BCUT2D eigenvalue weighted by Gasteiger charge is -2.38. The largest absolute Gasteiger partial charge is 0.342 e. The van der Waals surface area contributed by atoms with E-state index in [0.717, 1.165) is 25.9 Å². The van der Waals surface area contributed by atoms with Gasteiger partial charge in [-0.25, -0.2) is 0 Å². The first-order valence-electron chi connectivity index (χ1n) is 7.87. The zero-order chi connectivity index (χ0) is 14.6. The molecular formula is C16H32N2O. The van der Waals surface area contributed by atoms with E-state index in [2.05, 4.69) is 39.5 Å². The fourth-order valence-electron chi connectivity index (χ4n) is 3.23. The lowest BCUT2D eigenvalue weighted by molar-refractivity contribution is -0.140. The monoisotopic (exact) mass is 268 g/mol. The molecule has 1 aliphatic rings. The minimum absolute atomic E-state index is 0.0336. The molecular weight excluding hydrogens is 236 g/mol. The van der Waals surface area contributed by atoms with Crippen molar-refractivity contribution in [3.8, 4) is 0 Å². The first-order valence-corrected chi connectivity index (χ1v) is 7.87. The Morgan fingerprint density at radius 3 is 2.11 bits per heavy atom. The zero-order valence-corrected chi connectivity index (χ0v) is 13.4. The SMILES string of the molecule is CC(C)CN(CC(C)C)C(=O)C1C(C)CCCC1N. The fourth-order valence-corrected chi connectivity index (χ4v) is 3.23. The van der Waals surface area contributed by atoms with Crippen LogP contribution in [0.2, 0.25) is 0 Å². The van der Waals surface area contributed by atoms with Crippen molar-refractivity contribution >= 4 is 5.91 Å². The second-order valence-electron chi connectivity index (χ2n) is 7.13. The predicted molar refractivity (Wildman–Crippen MR) is 80.7 cm³/mol. The Morgan fingerprint density at radius 2 is 1.68 bits per heavy atom. The first kappa shape index (κ1) is 16.5.